The minimum atomic E-state index is -0.144. The highest BCUT2D eigenvalue weighted by Gasteiger charge is 2.30. The molecule has 0 saturated carbocycles. The van der Waals surface area contributed by atoms with Crippen LogP contribution in [-0.4, -0.2) is 11.8 Å². The summed E-state index contributed by atoms with van der Waals surface area (Å²) in [6, 6.07) is -0.144. The van der Waals surface area contributed by atoms with E-state index >= 15 is 0 Å². The van der Waals surface area contributed by atoms with Crippen molar-refractivity contribution in [2.45, 2.75) is 12.5 Å². The fourth-order valence-electron chi connectivity index (χ4n) is 1.98. The zero-order chi connectivity index (χ0) is 10.3. The quantitative estimate of drug-likeness (QED) is 0.603. The van der Waals surface area contributed by atoms with E-state index < -0.39 is 0 Å². The number of fused-ring (bicyclic) bond motifs is 2. The first kappa shape index (κ1) is 8.85. The lowest BCUT2D eigenvalue weighted by Crippen LogP contribution is -2.39. The molecule has 3 aliphatic rings. The van der Waals surface area contributed by atoms with Gasteiger partial charge in [0.15, 0.2) is 5.78 Å². The molecule has 1 unspecified atom stereocenters. The maximum absolute atomic E-state index is 11.6. The van der Waals surface area contributed by atoms with Gasteiger partial charge in [-0.1, -0.05) is 6.08 Å². The number of hydrogen-bond acceptors (Lipinski definition) is 4. The Morgan fingerprint density at radius 2 is 2.33 bits per heavy atom. The zero-order valence-electron chi connectivity index (χ0n) is 7.99. The van der Waals surface area contributed by atoms with Gasteiger partial charge >= 0.3 is 0 Å². The van der Waals surface area contributed by atoms with Crippen LogP contribution in [0.2, 0.25) is 0 Å². The van der Waals surface area contributed by atoms with E-state index in [1.165, 1.54) is 10.5 Å². The van der Waals surface area contributed by atoms with E-state index in [9.17, 15) is 4.79 Å². The van der Waals surface area contributed by atoms with E-state index in [4.69, 9.17) is 0 Å². The summed E-state index contributed by atoms with van der Waals surface area (Å²) >= 11 is 1.58. The molecular weight excluding hydrogens is 208 g/mol. The summed E-state index contributed by atoms with van der Waals surface area (Å²) in [6.45, 7) is 0. The standard InChI is InChI=1S/C11H10N2OS/c14-9-3-1-2-8-10(9)12-6-7-4-5-13-15-11(7)8/h1,3-6,10,12-13H,2H2. The van der Waals surface area contributed by atoms with E-state index in [1.54, 1.807) is 18.0 Å². The molecule has 0 spiro atoms. The van der Waals surface area contributed by atoms with Crippen LogP contribution in [-0.2, 0) is 4.79 Å². The molecular formula is C11H10N2OS. The lowest BCUT2D eigenvalue weighted by molar-refractivity contribution is -0.115. The first-order valence-corrected chi connectivity index (χ1v) is 5.67. The van der Waals surface area contributed by atoms with Crippen molar-refractivity contribution >= 4 is 17.7 Å². The van der Waals surface area contributed by atoms with Crippen LogP contribution in [0.4, 0.5) is 0 Å². The molecule has 1 aliphatic carbocycles. The van der Waals surface area contributed by atoms with Gasteiger partial charge in [-0.2, -0.15) is 0 Å². The number of nitrogens with one attached hydrogen (secondary N) is 2. The van der Waals surface area contributed by atoms with Crippen molar-refractivity contribution in [2.75, 3.05) is 0 Å². The highest BCUT2D eigenvalue weighted by molar-refractivity contribution is 8.01. The second kappa shape index (κ2) is 3.31. The van der Waals surface area contributed by atoms with Crippen molar-refractivity contribution in [1.82, 2.24) is 10.0 Å². The Kier molecular flexibility index (Phi) is 1.95. The van der Waals surface area contributed by atoms with Crippen LogP contribution in [0.15, 0.2) is 46.7 Å². The minimum Gasteiger partial charge on any atom is -0.377 e. The topological polar surface area (TPSA) is 41.1 Å². The van der Waals surface area contributed by atoms with Crippen LogP contribution >= 0.6 is 11.9 Å². The molecule has 3 rings (SSSR count). The van der Waals surface area contributed by atoms with Gasteiger partial charge in [0.2, 0.25) is 0 Å². The van der Waals surface area contributed by atoms with Gasteiger partial charge in [-0.05, 0) is 36.1 Å². The third kappa shape index (κ3) is 1.33. The zero-order valence-corrected chi connectivity index (χ0v) is 8.80. The molecule has 0 aromatic heterocycles. The molecule has 0 fully saturated rings. The van der Waals surface area contributed by atoms with Crippen molar-refractivity contribution < 1.29 is 4.79 Å². The van der Waals surface area contributed by atoms with Gasteiger partial charge in [0, 0.05) is 22.9 Å². The van der Waals surface area contributed by atoms with Crippen molar-refractivity contribution in [2.24, 2.45) is 0 Å². The molecule has 2 aliphatic heterocycles. The molecule has 0 saturated heterocycles. The summed E-state index contributed by atoms with van der Waals surface area (Å²) in [5.74, 6) is 0.147. The second-order valence-electron chi connectivity index (χ2n) is 3.62. The summed E-state index contributed by atoms with van der Waals surface area (Å²) in [6.07, 6.45) is 10.3. The molecule has 0 amide bonds. The first-order chi connectivity index (χ1) is 7.36. The average molecular weight is 218 g/mol. The Morgan fingerprint density at radius 3 is 3.27 bits per heavy atom. The number of rotatable bonds is 0. The predicted molar refractivity (Wildman–Crippen MR) is 60.7 cm³/mol. The Hall–Kier alpha value is -1.42. The fourth-order valence-corrected chi connectivity index (χ4v) is 2.81. The lowest BCUT2D eigenvalue weighted by atomic mass is 9.90. The fraction of sp³-hybridized carbons (Fsp3) is 0.182. The Labute approximate surface area is 92.1 Å². The van der Waals surface area contributed by atoms with E-state index in [2.05, 4.69) is 10.0 Å². The van der Waals surface area contributed by atoms with Gasteiger partial charge < -0.3 is 10.0 Å². The Balaban J connectivity index is 2.10. The van der Waals surface area contributed by atoms with Crippen LogP contribution in [0, 0.1) is 0 Å². The maximum Gasteiger partial charge on any atom is 0.181 e. The summed E-state index contributed by atoms with van der Waals surface area (Å²) in [5.41, 5.74) is 2.34. The number of carbonyl (C=O) groups is 1. The van der Waals surface area contributed by atoms with Crippen LogP contribution in [0.5, 0.6) is 0 Å². The Bertz CT molecular complexity index is 446. The van der Waals surface area contributed by atoms with Crippen LogP contribution < -0.4 is 10.0 Å². The number of dihydropyridines is 1. The SMILES string of the molecule is O=C1C=CCC2=C3SNC=CC3=CNC12. The number of carbonyl (C=O) groups excluding carboxylic acids is 1. The second-order valence-corrected chi connectivity index (χ2v) is 4.46. The molecule has 15 heavy (non-hydrogen) atoms. The molecule has 1 atom stereocenters. The normalized spacial score (nSPS) is 27.6. The van der Waals surface area contributed by atoms with E-state index in [0.717, 1.165) is 12.0 Å². The molecule has 76 valence electrons. The largest absolute Gasteiger partial charge is 0.377 e. The number of hydrogen-bond donors (Lipinski definition) is 2. The lowest BCUT2D eigenvalue weighted by Gasteiger charge is -2.30. The van der Waals surface area contributed by atoms with Crippen molar-refractivity contribution in [3.63, 3.8) is 0 Å². The van der Waals surface area contributed by atoms with E-state index in [1.807, 2.05) is 24.6 Å². The van der Waals surface area contributed by atoms with Crippen LogP contribution in [0.3, 0.4) is 0 Å². The summed E-state index contributed by atoms with van der Waals surface area (Å²) < 4.78 is 3.11. The maximum atomic E-state index is 11.6. The van der Waals surface area contributed by atoms with Gasteiger partial charge in [0.25, 0.3) is 0 Å². The monoisotopic (exact) mass is 218 g/mol. The van der Waals surface area contributed by atoms with Crippen molar-refractivity contribution in [3.8, 4) is 0 Å². The molecule has 0 radical (unpaired) electrons. The van der Waals surface area contributed by atoms with Gasteiger partial charge in [-0.3, -0.25) is 4.79 Å². The summed E-state index contributed by atoms with van der Waals surface area (Å²) in [7, 11) is 0. The molecule has 4 heteroatoms. The van der Waals surface area contributed by atoms with Gasteiger partial charge in [0.05, 0.1) is 0 Å². The minimum absolute atomic E-state index is 0.144. The predicted octanol–water partition coefficient (Wildman–Crippen LogP) is 1.39. The molecule has 0 aromatic carbocycles. The van der Waals surface area contributed by atoms with Crippen LogP contribution in [0.25, 0.3) is 0 Å². The highest BCUT2D eigenvalue weighted by atomic mass is 32.2. The van der Waals surface area contributed by atoms with E-state index in [0.29, 0.717) is 0 Å². The molecule has 3 nitrogen and oxygen atoms in total. The van der Waals surface area contributed by atoms with Gasteiger partial charge in [-0.15, -0.1) is 0 Å². The van der Waals surface area contributed by atoms with Crippen molar-refractivity contribution in [3.05, 3.63) is 46.7 Å². The molecule has 2 N–H and O–H groups in total. The van der Waals surface area contributed by atoms with Gasteiger partial charge in [-0.25, -0.2) is 0 Å². The smallest absolute Gasteiger partial charge is 0.181 e. The Morgan fingerprint density at radius 1 is 1.40 bits per heavy atom. The van der Waals surface area contributed by atoms with Crippen LogP contribution in [0.1, 0.15) is 6.42 Å². The van der Waals surface area contributed by atoms with Crippen molar-refractivity contribution in [1.29, 1.82) is 0 Å². The highest BCUT2D eigenvalue weighted by Crippen LogP contribution is 2.36. The number of ketones is 1. The summed E-state index contributed by atoms with van der Waals surface area (Å²) in [4.78, 5) is 12.8. The molecule has 2 heterocycles. The third-order valence-corrected chi connectivity index (χ3v) is 3.66. The number of allylic oxidation sites excluding steroid dienone is 3. The van der Waals surface area contributed by atoms with Gasteiger partial charge in [0.1, 0.15) is 6.04 Å². The third-order valence-electron chi connectivity index (χ3n) is 2.70. The van der Waals surface area contributed by atoms with E-state index in [-0.39, 0.29) is 11.8 Å². The summed E-state index contributed by atoms with van der Waals surface area (Å²) in [5, 5.41) is 3.16. The molecule has 0 aromatic rings. The first-order valence-electron chi connectivity index (χ1n) is 4.85. The molecule has 0 bridgehead atoms. The average Bonchev–Trinajstić information content (AvgIpc) is 2.29.